The summed E-state index contributed by atoms with van der Waals surface area (Å²) in [5.41, 5.74) is -0.836. The third-order valence-electron chi connectivity index (χ3n) is 4.05. The van der Waals surface area contributed by atoms with E-state index in [1.54, 1.807) is 6.92 Å². The zero-order valence-electron chi connectivity index (χ0n) is 11.9. The van der Waals surface area contributed by atoms with E-state index in [4.69, 9.17) is 0 Å². The Morgan fingerprint density at radius 3 is 2.65 bits per heavy atom. The van der Waals surface area contributed by atoms with Crippen LogP contribution in [0.1, 0.15) is 39.0 Å². The number of sulfonamides is 1. The molecule has 2 atom stereocenters. The molecule has 2 saturated heterocycles. The second-order valence-electron chi connectivity index (χ2n) is 6.26. The van der Waals surface area contributed by atoms with Crippen molar-refractivity contribution in [3.63, 3.8) is 0 Å². The van der Waals surface area contributed by atoms with E-state index in [1.165, 1.54) is 0 Å². The lowest BCUT2D eigenvalue weighted by molar-refractivity contribution is 0.390. The molecule has 0 spiro atoms. The molecule has 20 heavy (non-hydrogen) atoms. The Balaban J connectivity index is 1.87. The average Bonchev–Trinajstić information content (AvgIpc) is 2.61. The maximum absolute atomic E-state index is 12.1. The monoisotopic (exact) mass is 324 g/mol. The Labute approximate surface area is 121 Å². The van der Waals surface area contributed by atoms with Gasteiger partial charge < -0.3 is 5.32 Å². The Hall–Kier alpha value is -0.180. The lowest BCUT2D eigenvalue weighted by Crippen LogP contribution is -2.48. The fourth-order valence-electron chi connectivity index (χ4n) is 2.99. The van der Waals surface area contributed by atoms with Crippen LogP contribution in [-0.4, -0.2) is 52.2 Å². The molecule has 2 heterocycles. The predicted octanol–water partition coefficient (Wildman–Crippen LogP) is 0.0152. The molecule has 2 N–H and O–H groups in total. The molecule has 0 aromatic rings. The maximum atomic E-state index is 12.1. The number of hydrogen-bond acceptors (Lipinski definition) is 5. The average molecular weight is 324 g/mol. The SMILES string of the molecule is CC1(NS(=O)(=O)CCC2CCCCN2)CCS(=O)(=O)C1. The standard InChI is InChI=1S/C12H24N2O4S2/c1-12(6-9-19(15,16)10-12)14-20(17,18)8-5-11-4-2-3-7-13-11/h11,13-14H,2-10H2,1H3. The van der Waals surface area contributed by atoms with Gasteiger partial charge >= 0.3 is 0 Å². The van der Waals surface area contributed by atoms with Crippen LogP contribution in [0.4, 0.5) is 0 Å². The lowest BCUT2D eigenvalue weighted by Gasteiger charge is -2.26. The van der Waals surface area contributed by atoms with E-state index in [9.17, 15) is 16.8 Å². The van der Waals surface area contributed by atoms with Crippen molar-refractivity contribution in [3.8, 4) is 0 Å². The lowest BCUT2D eigenvalue weighted by atomic mass is 10.0. The highest BCUT2D eigenvalue weighted by molar-refractivity contribution is 7.92. The number of nitrogens with one attached hydrogen (secondary N) is 2. The third kappa shape index (κ3) is 4.68. The van der Waals surface area contributed by atoms with Gasteiger partial charge in [-0.1, -0.05) is 6.42 Å². The van der Waals surface area contributed by atoms with Gasteiger partial charge in [0, 0.05) is 11.6 Å². The predicted molar refractivity (Wildman–Crippen MR) is 78.9 cm³/mol. The Morgan fingerprint density at radius 1 is 1.35 bits per heavy atom. The molecule has 0 radical (unpaired) electrons. The smallest absolute Gasteiger partial charge is 0.212 e. The zero-order valence-corrected chi connectivity index (χ0v) is 13.5. The van der Waals surface area contributed by atoms with Crippen molar-refractivity contribution in [2.45, 2.75) is 50.6 Å². The first-order valence-corrected chi connectivity index (χ1v) is 10.6. The third-order valence-corrected chi connectivity index (χ3v) is 7.53. The molecule has 2 unspecified atom stereocenters. The molecule has 0 aromatic carbocycles. The van der Waals surface area contributed by atoms with Crippen molar-refractivity contribution in [1.82, 2.24) is 10.0 Å². The molecule has 118 valence electrons. The summed E-state index contributed by atoms with van der Waals surface area (Å²) in [6.07, 6.45) is 4.24. The van der Waals surface area contributed by atoms with Crippen LogP contribution >= 0.6 is 0 Å². The normalized spacial score (nSPS) is 34.1. The summed E-state index contributed by atoms with van der Waals surface area (Å²) in [5.74, 6) is 0.0252. The fraction of sp³-hybridized carbons (Fsp3) is 1.00. The molecule has 2 fully saturated rings. The summed E-state index contributed by atoms with van der Waals surface area (Å²) in [5, 5.41) is 3.32. The van der Waals surface area contributed by atoms with E-state index in [2.05, 4.69) is 10.0 Å². The van der Waals surface area contributed by atoms with Gasteiger partial charge in [-0.3, -0.25) is 0 Å². The minimum absolute atomic E-state index is 0.0559. The van der Waals surface area contributed by atoms with Crippen molar-refractivity contribution >= 4 is 19.9 Å². The second-order valence-corrected chi connectivity index (χ2v) is 10.3. The van der Waals surface area contributed by atoms with E-state index >= 15 is 0 Å². The highest BCUT2D eigenvalue weighted by Gasteiger charge is 2.41. The maximum Gasteiger partial charge on any atom is 0.212 e. The summed E-state index contributed by atoms with van der Waals surface area (Å²) >= 11 is 0. The van der Waals surface area contributed by atoms with Crippen LogP contribution < -0.4 is 10.0 Å². The van der Waals surface area contributed by atoms with Gasteiger partial charge in [-0.25, -0.2) is 21.6 Å². The summed E-state index contributed by atoms with van der Waals surface area (Å²) in [7, 11) is -6.53. The minimum Gasteiger partial charge on any atom is -0.314 e. The first kappa shape index (κ1) is 16.2. The van der Waals surface area contributed by atoms with Gasteiger partial charge in [-0.15, -0.1) is 0 Å². The molecule has 0 amide bonds. The van der Waals surface area contributed by atoms with E-state index < -0.39 is 25.4 Å². The summed E-state index contributed by atoms with van der Waals surface area (Å²) in [4.78, 5) is 0. The first-order chi connectivity index (χ1) is 9.20. The van der Waals surface area contributed by atoms with Gasteiger partial charge in [-0.2, -0.15) is 0 Å². The van der Waals surface area contributed by atoms with Gasteiger partial charge in [0.1, 0.15) is 0 Å². The number of hydrogen-bond donors (Lipinski definition) is 2. The molecular weight excluding hydrogens is 300 g/mol. The molecule has 6 nitrogen and oxygen atoms in total. The number of piperidine rings is 1. The second kappa shape index (κ2) is 5.90. The van der Waals surface area contributed by atoms with Crippen molar-refractivity contribution in [1.29, 1.82) is 0 Å². The number of sulfone groups is 1. The Bertz CT molecular complexity index is 538. The van der Waals surface area contributed by atoms with Crippen LogP contribution in [-0.2, 0) is 19.9 Å². The summed E-state index contributed by atoms with van der Waals surface area (Å²) in [6, 6.07) is 0.264. The van der Waals surface area contributed by atoms with Crippen LogP contribution in [0, 0.1) is 0 Å². The van der Waals surface area contributed by atoms with Crippen LogP contribution in [0.3, 0.4) is 0 Å². The van der Waals surface area contributed by atoms with Gasteiger partial charge in [0.15, 0.2) is 9.84 Å². The zero-order chi connectivity index (χ0) is 14.9. The molecule has 2 aliphatic rings. The largest absolute Gasteiger partial charge is 0.314 e. The van der Waals surface area contributed by atoms with Gasteiger partial charge in [0.2, 0.25) is 10.0 Å². The van der Waals surface area contributed by atoms with Crippen molar-refractivity contribution in [2.24, 2.45) is 0 Å². The molecular formula is C12H24N2O4S2. The molecule has 2 aliphatic heterocycles. The summed E-state index contributed by atoms with van der Waals surface area (Å²) in [6.45, 7) is 2.63. The van der Waals surface area contributed by atoms with Crippen LogP contribution in [0.2, 0.25) is 0 Å². The van der Waals surface area contributed by atoms with Crippen molar-refractivity contribution in [2.75, 3.05) is 23.8 Å². The highest BCUT2D eigenvalue weighted by atomic mass is 32.2. The van der Waals surface area contributed by atoms with Crippen molar-refractivity contribution in [3.05, 3.63) is 0 Å². The highest BCUT2D eigenvalue weighted by Crippen LogP contribution is 2.24. The van der Waals surface area contributed by atoms with Crippen LogP contribution in [0.25, 0.3) is 0 Å². The minimum atomic E-state index is -3.43. The Kier molecular flexibility index (Phi) is 4.78. The topological polar surface area (TPSA) is 92.3 Å². The van der Waals surface area contributed by atoms with Crippen LogP contribution in [0.15, 0.2) is 0 Å². The van der Waals surface area contributed by atoms with Crippen molar-refractivity contribution < 1.29 is 16.8 Å². The first-order valence-electron chi connectivity index (χ1n) is 7.15. The fourth-order valence-corrected chi connectivity index (χ4v) is 6.79. The number of rotatable bonds is 5. The molecule has 0 saturated carbocycles. The van der Waals surface area contributed by atoms with E-state index in [-0.39, 0.29) is 23.3 Å². The molecule has 0 aliphatic carbocycles. The van der Waals surface area contributed by atoms with Gasteiger partial charge in [-0.05, 0) is 39.2 Å². The summed E-state index contributed by atoms with van der Waals surface area (Å²) < 4.78 is 49.8. The van der Waals surface area contributed by atoms with Gasteiger partial charge in [0.05, 0.1) is 17.3 Å². The Morgan fingerprint density at radius 2 is 2.10 bits per heavy atom. The molecule has 8 heteroatoms. The van der Waals surface area contributed by atoms with E-state index in [0.29, 0.717) is 12.8 Å². The molecule has 2 rings (SSSR count). The van der Waals surface area contributed by atoms with E-state index in [1.807, 2.05) is 0 Å². The molecule has 0 bridgehead atoms. The quantitative estimate of drug-likeness (QED) is 0.743. The van der Waals surface area contributed by atoms with Gasteiger partial charge in [0.25, 0.3) is 0 Å². The van der Waals surface area contributed by atoms with E-state index in [0.717, 1.165) is 25.8 Å². The van der Waals surface area contributed by atoms with Crippen LogP contribution in [0.5, 0.6) is 0 Å². The molecule has 0 aromatic heterocycles.